The summed E-state index contributed by atoms with van der Waals surface area (Å²) in [6.07, 6.45) is -4.80. The predicted molar refractivity (Wildman–Crippen MR) is 99.9 cm³/mol. The number of alkyl halides is 3. The van der Waals surface area contributed by atoms with E-state index in [2.05, 4.69) is 20.5 Å². The number of para-hydroxylation sites is 1. The molecule has 0 fully saturated rings. The number of aryl methyl sites for hydroxylation is 1. The van der Waals surface area contributed by atoms with E-state index >= 15 is 0 Å². The molecular formula is C20H14F3N5O2. The molecule has 0 aliphatic heterocycles. The standard InChI is InChI=1S/C20H14F3N5O2/c1-11-16(18(29)26-13-6-4-3-5-7-13)19(28-27-17(11)20(21,22)23)30-15-9-8-14(10-24)25-12(15)2/h3-9H,1-2H3,(H,26,29). The van der Waals surface area contributed by atoms with Crippen LogP contribution < -0.4 is 10.1 Å². The molecule has 0 bridgehead atoms. The van der Waals surface area contributed by atoms with E-state index in [0.717, 1.165) is 6.92 Å². The highest BCUT2D eigenvalue weighted by molar-refractivity contribution is 6.07. The van der Waals surface area contributed by atoms with Gasteiger partial charge in [-0.25, -0.2) is 4.98 Å². The van der Waals surface area contributed by atoms with Crippen LogP contribution >= 0.6 is 0 Å². The third kappa shape index (κ3) is 4.35. The number of aromatic nitrogens is 3. The van der Waals surface area contributed by atoms with E-state index in [4.69, 9.17) is 10.00 Å². The molecule has 0 saturated carbocycles. The van der Waals surface area contributed by atoms with Gasteiger partial charge < -0.3 is 10.1 Å². The van der Waals surface area contributed by atoms with Crippen LogP contribution in [-0.4, -0.2) is 21.1 Å². The summed E-state index contributed by atoms with van der Waals surface area (Å²) in [5, 5.41) is 18.1. The number of rotatable bonds is 4. The third-order valence-corrected chi connectivity index (χ3v) is 4.07. The molecule has 0 atom stereocenters. The molecule has 0 unspecified atom stereocenters. The second kappa shape index (κ2) is 8.16. The summed E-state index contributed by atoms with van der Waals surface area (Å²) in [5.41, 5.74) is -1.32. The number of nitrogens with zero attached hydrogens (tertiary/aromatic N) is 4. The Balaban J connectivity index is 2.07. The fourth-order valence-electron chi connectivity index (χ4n) is 2.65. The summed E-state index contributed by atoms with van der Waals surface area (Å²) in [6, 6.07) is 12.9. The number of amides is 1. The maximum absolute atomic E-state index is 13.3. The molecule has 1 aromatic carbocycles. The molecule has 0 aliphatic carbocycles. The Morgan fingerprint density at radius 3 is 2.40 bits per heavy atom. The highest BCUT2D eigenvalue weighted by Gasteiger charge is 2.38. The smallest absolute Gasteiger partial charge is 0.435 e. The van der Waals surface area contributed by atoms with Gasteiger partial charge in [0.1, 0.15) is 17.3 Å². The van der Waals surface area contributed by atoms with Crippen molar-refractivity contribution in [3.8, 4) is 17.7 Å². The Morgan fingerprint density at radius 1 is 1.10 bits per heavy atom. The van der Waals surface area contributed by atoms with Crippen molar-refractivity contribution in [3.05, 3.63) is 70.7 Å². The number of carbonyl (C=O) groups is 1. The second-order valence-corrected chi connectivity index (χ2v) is 6.17. The zero-order valence-corrected chi connectivity index (χ0v) is 15.8. The molecule has 30 heavy (non-hydrogen) atoms. The van der Waals surface area contributed by atoms with E-state index < -0.39 is 34.8 Å². The van der Waals surface area contributed by atoms with Crippen molar-refractivity contribution in [2.75, 3.05) is 5.32 Å². The fraction of sp³-hybridized carbons (Fsp3) is 0.150. The van der Waals surface area contributed by atoms with Gasteiger partial charge >= 0.3 is 6.18 Å². The number of hydrogen-bond acceptors (Lipinski definition) is 6. The fourth-order valence-corrected chi connectivity index (χ4v) is 2.65. The lowest BCUT2D eigenvalue weighted by Crippen LogP contribution is -2.21. The Kier molecular flexibility index (Phi) is 5.64. The lowest BCUT2D eigenvalue weighted by Gasteiger charge is -2.16. The molecule has 0 radical (unpaired) electrons. The van der Waals surface area contributed by atoms with E-state index in [-0.39, 0.29) is 11.4 Å². The molecule has 0 spiro atoms. The first-order chi connectivity index (χ1) is 14.2. The van der Waals surface area contributed by atoms with Crippen molar-refractivity contribution in [2.45, 2.75) is 20.0 Å². The third-order valence-electron chi connectivity index (χ3n) is 4.07. The number of benzene rings is 1. The van der Waals surface area contributed by atoms with Crippen molar-refractivity contribution in [1.82, 2.24) is 15.2 Å². The van der Waals surface area contributed by atoms with Crippen molar-refractivity contribution in [3.63, 3.8) is 0 Å². The summed E-state index contributed by atoms with van der Waals surface area (Å²) in [5.74, 6) is -1.13. The molecule has 1 amide bonds. The van der Waals surface area contributed by atoms with Gasteiger partial charge in [-0.15, -0.1) is 10.2 Å². The molecule has 1 N–H and O–H groups in total. The largest absolute Gasteiger partial charge is 0.435 e. The maximum atomic E-state index is 13.3. The van der Waals surface area contributed by atoms with Crippen LogP contribution in [-0.2, 0) is 6.18 Å². The average molecular weight is 413 g/mol. The van der Waals surface area contributed by atoms with Gasteiger partial charge in [0, 0.05) is 5.69 Å². The zero-order valence-electron chi connectivity index (χ0n) is 15.8. The molecule has 0 aliphatic rings. The minimum atomic E-state index is -4.80. The van der Waals surface area contributed by atoms with Gasteiger partial charge in [-0.1, -0.05) is 18.2 Å². The predicted octanol–water partition coefficient (Wildman–Crippen LogP) is 4.42. The summed E-state index contributed by atoms with van der Waals surface area (Å²) in [6.45, 7) is 2.67. The molecule has 152 valence electrons. The second-order valence-electron chi connectivity index (χ2n) is 6.17. The first kappa shape index (κ1) is 20.7. The Labute approximate surface area is 169 Å². The zero-order chi connectivity index (χ0) is 21.9. The quantitative estimate of drug-likeness (QED) is 0.679. The number of halogens is 3. The van der Waals surface area contributed by atoms with Crippen molar-refractivity contribution < 1.29 is 22.7 Å². The minimum Gasteiger partial charge on any atom is -0.435 e. The van der Waals surface area contributed by atoms with Crippen LogP contribution in [0.25, 0.3) is 0 Å². The SMILES string of the molecule is Cc1nc(C#N)ccc1Oc1nnc(C(F)(F)F)c(C)c1C(=O)Nc1ccccc1. The number of hydrogen-bond donors (Lipinski definition) is 1. The molecule has 7 nitrogen and oxygen atoms in total. The van der Waals surface area contributed by atoms with Crippen LogP contribution in [0, 0.1) is 25.2 Å². The van der Waals surface area contributed by atoms with Crippen molar-refractivity contribution in [2.24, 2.45) is 0 Å². The first-order valence-electron chi connectivity index (χ1n) is 8.57. The van der Waals surface area contributed by atoms with E-state index in [1.165, 1.54) is 12.1 Å². The Morgan fingerprint density at radius 2 is 1.80 bits per heavy atom. The average Bonchev–Trinajstić information content (AvgIpc) is 2.69. The molecule has 10 heteroatoms. The Bertz CT molecular complexity index is 1140. The first-order valence-corrected chi connectivity index (χ1v) is 8.57. The number of pyridine rings is 1. The van der Waals surface area contributed by atoms with Crippen LogP contribution in [0.5, 0.6) is 11.6 Å². The van der Waals surface area contributed by atoms with Crippen LogP contribution in [0.3, 0.4) is 0 Å². The Hall–Kier alpha value is -4.00. The minimum absolute atomic E-state index is 0.121. The van der Waals surface area contributed by atoms with Crippen LogP contribution in [0.1, 0.15) is 33.0 Å². The molecular weight excluding hydrogens is 399 g/mol. The number of ether oxygens (including phenoxy) is 1. The molecule has 3 aromatic rings. The van der Waals surface area contributed by atoms with Gasteiger partial charge in [0.15, 0.2) is 11.4 Å². The van der Waals surface area contributed by atoms with Gasteiger partial charge in [-0.2, -0.15) is 18.4 Å². The topological polar surface area (TPSA) is 101 Å². The summed E-state index contributed by atoms with van der Waals surface area (Å²) in [4.78, 5) is 16.8. The molecule has 2 heterocycles. The van der Waals surface area contributed by atoms with E-state index in [0.29, 0.717) is 11.4 Å². The number of nitriles is 1. The lowest BCUT2D eigenvalue weighted by atomic mass is 10.1. The molecule has 0 saturated heterocycles. The monoisotopic (exact) mass is 413 g/mol. The molecule has 2 aromatic heterocycles. The summed E-state index contributed by atoms with van der Waals surface area (Å²) in [7, 11) is 0. The van der Waals surface area contributed by atoms with E-state index in [9.17, 15) is 18.0 Å². The van der Waals surface area contributed by atoms with Crippen LogP contribution in [0.4, 0.5) is 18.9 Å². The summed E-state index contributed by atoms with van der Waals surface area (Å²) < 4.78 is 45.5. The van der Waals surface area contributed by atoms with Crippen LogP contribution in [0.15, 0.2) is 42.5 Å². The highest BCUT2D eigenvalue weighted by atomic mass is 19.4. The van der Waals surface area contributed by atoms with Crippen molar-refractivity contribution >= 4 is 11.6 Å². The van der Waals surface area contributed by atoms with Crippen LogP contribution in [0.2, 0.25) is 0 Å². The number of nitrogens with one attached hydrogen (secondary N) is 1. The van der Waals surface area contributed by atoms with Gasteiger partial charge in [-0.3, -0.25) is 4.79 Å². The van der Waals surface area contributed by atoms with Crippen molar-refractivity contribution in [1.29, 1.82) is 5.26 Å². The van der Waals surface area contributed by atoms with Gasteiger partial charge in [0.25, 0.3) is 11.8 Å². The number of anilines is 1. The molecule has 3 rings (SSSR count). The lowest BCUT2D eigenvalue weighted by molar-refractivity contribution is -0.142. The highest BCUT2D eigenvalue weighted by Crippen LogP contribution is 2.35. The maximum Gasteiger partial charge on any atom is 0.435 e. The van der Waals surface area contributed by atoms with E-state index in [1.54, 1.807) is 37.3 Å². The number of carbonyl (C=O) groups excluding carboxylic acids is 1. The normalized spacial score (nSPS) is 10.9. The van der Waals surface area contributed by atoms with Gasteiger partial charge in [0.2, 0.25) is 0 Å². The summed E-state index contributed by atoms with van der Waals surface area (Å²) >= 11 is 0. The van der Waals surface area contributed by atoms with E-state index in [1.807, 2.05) is 6.07 Å². The van der Waals surface area contributed by atoms with Gasteiger partial charge in [-0.05, 0) is 43.7 Å². The van der Waals surface area contributed by atoms with Gasteiger partial charge in [0.05, 0.1) is 5.69 Å².